The van der Waals surface area contributed by atoms with E-state index in [9.17, 15) is 8.42 Å². The summed E-state index contributed by atoms with van der Waals surface area (Å²) in [6.07, 6.45) is 0. The minimum atomic E-state index is -3.56. The highest BCUT2D eigenvalue weighted by atomic mass is 35.5. The van der Waals surface area contributed by atoms with Gasteiger partial charge in [-0.3, -0.25) is 4.90 Å². The van der Waals surface area contributed by atoms with Crippen molar-refractivity contribution in [3.63, 3.8) is 0 Å². The fourth-order valence-electron chi connectivity index (χ4n) is 2.43. The molecule has 1 fully saturated rings. The molecule has 0 radical (unpaired) electrons. The van der Waals surface area contributed by atoms with Crippen LogP contribution in [-0.2, 0) is 15.9 Å². The summed E-state index contributed by atoms with van der Waals surface area (Å²) in [5, 5.41) is 0.246. The van der Waals surface area contributed by atoms with Gasteiger partial charge in [0.25, 0.3) is 0 Å². The molecule has 1 aliphatic heterocycles. The molecule has 1 aliphatic rings. The lowest BCUT2D eigenvalue weighted by atomic mass is 10.2. The Morgan fingerprint density at radius 1 is 1.19 bits per heavy atom. The van der Waals surface area contributed by atoms with Gasteiger partial charge in [0.2, 0.25) is 10.0 Å². The molecule has 118 valence electrons. The zero-order valence-electron chi connectivity index (χ0n) is 12.2. The highest BCUT2D eigenvalue weighted by Crippen LogP contribution is 2.27. The van der Waals surface area contributed by atoms with Crippen LogP contribution < -0.4 is 0 Å². The molecule has 1 aromatic carbocycles. The van der Waals surface area contributed by atoms with Gasteiger partial charge in [0.15, 0.2) is 0 Å². The van der Waals surface area contributed by atoms with Gasteiger partial charge in [0, 0.05) is 38.1 Å². The van der Waals surface area contributed by atoms with Gasteiger partial charge in [-0.25, -0.2) is 8.42 Å². The Kier molecular flexibility index (Phi) is 5.54. The van der Waals surface area contributed by atoms with Crippen LogP contribution in [0.25, 0.3) is 0 Å². The number of sulfonamides is 1. The fraction of sp³-hybridized carbons (Fsp3) is 0.571. The maximum absolute atomic E-state index is 12.7. The van der Waals surface area contributed by atoms with Crippen LogP contribution in [0.15, 0.2) is 23.1 Å². The van der Waals surface area contributed by atoms with Crippen LogP contribution in [-0.4, -0.2) is 49.8 Å². The van der Waals surface area contributed by atoms with Gasteiger partial charge in [-0.15, -0.1) is 11.6 Å². The first-order chi connectivity index (χ1) is 9.86. The van der Waals surface area contributed by atoms with Crippen molar-refractivity contribution in [2.45, 2.75) is 30.7 Å². The van der Waals surface area contributed by atoms with Gasteiger partial charge in [-0.05, 0) is 31.5 Å². The van der Waals surface area contributed by atoms with Gasteiger partial charge in [-0.2, -0.15) is 4.31 Å². The van der Waals surface area contributed by atoms with E-state index in [0.29, 0.717) is 19.1 Å². The van der Waals surface area contributed by atoms with E-state index in [1.165, 1.54) is 4.31 Å². The number of hydrogen-bond acceptors (Lipinski definition) is 3. The molecule has 21 heavy (non-hydrogen) atoms. The van der Waals surface area contributed by atoms with E-state index in [1.807, 2.05) is 0 Å². The Hall–Kier alpha value is -0.330. The van der Waals surface area contributed by atoms with Crippen LogP contribution in [0.3, 0.4) is 0 Å². The molecule has 0 saturated carbocycles. The summed E-state index contributed by atoms with van der Waals surface area (Å²) in [4.78, 5) is 2.42. The van der Waals surface area contributed by atoms with E-state index in [4.69, 9.17) is 23.2 Å². The van der Waals surface area contributed by atoms with Crippen LogP contribution in [0.5, 0.6) is 0 Å². The highest BCUT2D eigenvalue weighted by molar-refractivity contribution is 7.89. The van der Waals surface area contributed by atoms with E-state index in [1.54, 1.807) is 18.2 Å². The van der Waals surface area contributed by atoms with Crippen molar-refractivity contribution in [1.29, 1.82) is 0 Å². The van der Waals surface area contributed by atoms with Crippen molar-refractivity contribution in [3.8, 4) is 0 Å². The third kappa shape index (κ3) is 3.71. The minimum Gasteiger partial charge on any atom is -0.298 e. The molecule has 1 heterocycles. The first-order valence-electron chi connectivity index (χ1n) is 6.95. The third-order valence-electron chi connectivity index (χ3n) is 3.77. The van der Waals surface area contributed by atoms with E-state index in [0.717, 1.165) is 18.7 Å². The van der Waals surface area contributed by atoms with Crippen molar-refractivity contribution in [2.75, 3.05) is 26.2 Å². The second-order valence-electron chi connectivity index (χ2n) is 5.43. The average Bonchev–Trinajstić information content (AvgIpc) is 2.47. The predicted octanol–water partition coefficient (Wildman–Crippen LogP) is 2.79. The van der Waals surface area contributed by atoms with Crippen LogP contribution >= 0.6 is 23.2 Å². The summed E-state index contributed by atoms with van der Waals surface area (Å²) in [6.45, 7) is 6.69. The molecule has 0 bridgehead atoms. The molecular formula is C14H20Cl2N2O2S. The molecule has 7 heteroatoms. The van der Waals surface area contributed by atoms with Gasteiger partial charge in [-0.1, -0.05) is 17.7 Å². The van der Waals surface area contributed by atoms with Crippen molar-refractivity contribution in [3.05, 3.63) is 28.8 Å². The van der Waals surface area contributed by atoms with Crippen molar-refractivity contribution < 1.29 is 8.42 Å². The van der Waals surface area contributed by atoms with Gasteiger partial charge >= 0.3 is 0 Å². The molecule has 0 amide bonds. The lowest BCUT2D eigenvalue weighted by molar-refractivity contribution is 0.154. The second-order valence-corrected chi connectivity index (χ2v) is 8.01. The lowest BCUT2D eigenvalue weighted by Gasteiger charge is -2.36. The van der Waals surface area contributed by atoms with Crippen LogP contribution in [0.1, 0.15) is 19.4 Å². The third-order valence-corrected chi connectivity index (χ3v) is 6.46. The number of rotatable bonds is 4. The monoisotopic (exact) mass is 350 g/mol. The number of alkyl halides is 1. The first-order valence-corrected chi connectivity index (χ1v) is 9.30. The number of nitrogens with zero attached hydrogens (tertiary/aromatic N) is 2. The predicted molar refractivity (Wildman–Crippen MR) is 86.5 cm³/mol. The zero-order chi connectivity index (χ0) is 15.6. The van der Waals surface area contributed by atoms with E-state index in [-0.39, 0.29) is 15.8 Å². The van der Waals surface area contributed by atoms with Crippen LogP contribution in [0, 0.1) is 0 Å². The summed E-state index contributed by atoms with van der Waals surface area (Å²) < 4.78 is 27.0. The SMILES string of the molecule is CC(C)N1CCN(S(=O)(=O)c2cc(CCl)ccc2Cl)CC1. The van der Waals surface area contributed by atoms with E-state index < -0.39 is 10.0 Å². The maximum atomic E-state index is 12.7. The first kappa shape index (κ1) is 17.0. The fourth-order valence-corrected chi connectivity index (χ4v) is 4.54. The lowest BCUT2D eigenvalue weighted by Crippen LogP contribution is -2.50. The molecule has 4 nitrogen and oxygen atoms in total. The number of hydrogen-bond donors (Lipinski definition) is 0. The van der Waals surface area contributed by atoms with Crippen molar-refractivity contribution in [2.24, 2.45) is 0 Å². The van der Waals surface area contributed by atoms with E-state index in [2.05, 4.69) is 18.7 Å². The quantitative estimate of drug-likeness (QED) is 0.784. The second kappa shape index (κ2) is 6.84. The normalized spacial score (nSPS) is 18.3. The average molecular weight is 351 g/mol. The van der Waals surface area contributed by atoms with Gasteiger partial charge in [0.05, 0.1) is 5.02 Å². The summed E-state index contributed by atoms with van der Waals surface area (Å²) in [5.41, 5.74) is 0.750. The van der Waals surface area contributed by atoms with Crippen LogP contribution in [0.4, 0.5) is 0 Å². The Labute approximate surface area is 136 Å². The van der Waals surface area contributed by atoms with Gasteiger partial charge in [0.1, 0.15) is 4.90 Å². The molecule has 0 atom stereocenters. The highest BCUT2D eigenvalue weighted by Gasteiger charge is 2.30. The summed E-state index contributed by atoms with van der Waals surface area (Å²) in [5.74, 6) is 0.265. The Balaban J connectivity index is 2.23. The largest absolute Gasteiger partial charge is 0.298 e. The number of benzene rings is 1. The van der Waals surface area contributed by atoms with E-state index >= 15 is 0 Å². The molecule has 0 aromatic heterocycles. The smallest absolute Gasteiger partial charge is 0.244 e. The van der Waals surface area contributed by atoms with Crippen LogP contribution in [0.2, 0.25) is 5.02 Å². The maximum Gasteiger partial charge on any atom is 0.244 e. The molecule has 1 aromatic rings. The molecule has 1 saturated heterocycles. The molecule has 0 N–H and O–H groups in total. The Morgan fingerprint density at radius 2 is 1.81 bits per heavy atom. The molecule has 2 rings (SSSR count). The van der Waals surface area contributed by atoms with Crippen molar-refractivity contribution >= 4 is 33.2 Å². The summed E-state index contributed by atoms with van der Waals surface area (Å²) >= 11 is 11.9. The number of halogens is 2. The molecular weight excluding hydrogens is 331 g/mol. The Bertz CT molecular complexity index is 597. The van der Waals surface area contributed by atoms with Crippen molar-refractivity contribution in [1.82, 2.24) is 9.21 Å². The minimum absolute atomic E-state index is 0.153. The Morgan fingerprint density at radius 3 is 2.33 bits per heavy atom. The zero-order valence-corrected chi connectivity index (χ0v) is 14.5. The standard InChI is InChI=1S/C14H20Cl2N2O2S/c1-11(2)17-5-7-18(8-6-17)21(19,20)14-9-12(10-15)3-4-13(14)16/h3-4,9,11H,5-8,10H2,1-2H3. The molecule has 0 spiro atoms. The molecule has 0 unspecified atom stereocenters. The summed E-state index contributed by atoms with van der Waals surface area (Å²) in [6, 6.07) is 5.33. The number of piperazine rings is 1. The van der Waals surface area contributed by atoms with Gasteiger partial charge < -0.3 is 0 Å². The topological polar surface area (TPSA) is 40.6 Å². The molecule has 0 aliphatic carbocycles. The summed E-state index contributed by atoms with van der Waals surface area (Å²) in [7, 11) is -3.56.